The molecular weight excluding hydrogens is 628 g/mol. The molecule has 4 aromatic carbocycles. The average molecular weight is 679 g/mol. The molecule has 4 aromatic rings. The zero-order valence-corrected chi connectivity index (χ0v) is 29.4. The van der Waals surface area contributed by atoms with Gasteiger partial charge >= 0.3 is 11.9 Å². The van der Waals surface area contributed by atoms with E-state index in [4.69, 9.17) is 18.9 Å². The van der Waals surface area contributed by atoms with Gasteiger partial charge in [-0.05, 0) is 41.8 Å². The Morgan fingerprint density at radius 2 is 1.24 bits per heavy atom. The summed E-state index contributed by atoms with van der Waals surface area (Å²) in [5.74, 6) is 0.716. The van der Waals surface area contributed by atoms with Crippen molar-refractivity contribution in [2.75, 3.05) is 0 Å². The van der Waals surface area contributed by atoms with Gasteiger partial charge in [0, 0.05) is 36.6 Å². The molecule has 0 aliphatic heterocycles. The van der Waals surface area contributed by atoms with E-state index in [0.29, 0.717) is 30.3 Å². The number of benzene rings is 4. The van der Waals surface area contributed by atoms with Gasteiger partial charge in [-0.15, -0.1) is 0 Å². The van der Waals surface area contributed by atoms with Crippen LogP contribution < -0.4 is 18.9 Å². The molecule has 7 heteroatoms. The quantitative estimate of drug-likeness (QED) is 0.0533. The Kier molecular flexibility index (Phi) is 16.1. The van der Waals surface area contributed by atoms with Crippen LogP contribution in [0.2, 0.25) is 0 Å². The topological polar surface area (TPSA) is 91.3 Å². The number of carbonyl (C=O) groups excluding carboxylic acids is 2. The number of hydrogen-bond donors (Lipinski definition) is 1. The minimum Gasteiger partial charge on any atom is -0.489 e. The van der Waals surface area contributed by atoms with Crippen molar-refractivity contribution in [3.63, 3.8) is 0 Å². The van der Waals surface area contributed by atoms with Crippen molar-refractivity contribution >= 4 is 18.0 Å². The molecule has 0 saturated carbocycles. The van der Waals surface area contributed by atoms with Gasteiger partial charge in [-0.3, -0.25) is 9.59 Å². The van der Waals surface area contributed by atoms with E-state index in [2.05, 4.69) is 6.92 Å². The molecule has 0 radical (unpaired) electrons. The van der Waals surface area contributed by atoms with E-state index in [1.54, 1.807) is 24.3 Å². The lowest BCUT2D eigenvalue weighted by Gasteiger charge is -2.15. The molecule has 7 nitrogen and oxygen atoms in total. The first kappa shape index (κ1) is 37.9. The van der Waals surface area contributed by atoms with E-state index in [9.17, 15) is 14.7 Å². The normalized spacial score (nSPS) is 11.7. The predicted molar refractivity (Wildman–Crippen MR) is 197 cm³/mol. The summed E-state index contributed by atoms with van der Waals surface area (Å²) in [6.07, 6.45) is 12.8. The van der Waals surface area contributed by atoms with Crippen LogP contribution in [-0.2, 0) is 22.8 Å². The first-order valence-electron chi connectivity index (χ1n) is 17.8. The van der Waals surface area contributed by atoms with Gasteiger partial charge in [-0.2, -0.15) is 0 Å². The molecule has 0 aromatic heterocycles. The van der Waals surface area contributed by atoms with Crippen molar-refractivity contribution in [3.8, 4) is 23.0 Å². The molecule has 1 N–H and O–H groups in total. The Hall–Kier alpha value is -4.88. The Morgan fingerprint density at radius 1 is 0.660 bits per heavy atom. The maximum absolute atomic E-state index is 12.9. The summed E-state index contributed by atoms with van der Waals surface area (Å²) in [5.41, 5.74) is 3.16. The van der Waals surface area contributed by atoms with Gasteiger partial charge in [0.1, 0.15) is 42.3 Å². The summed E-state index contributed by atoms with van der Waals surface area (Å²) in [6, 6.07) is 30.0. The third-order valence-corrected chi connectivity index (χ3v) is 8.20. The molecule has 264 valence electrons. The summed E-state index contributed by atoms with van der Waals surface area (Å²) in [7, 11) is 0. The Morgan fingerprint density at radius 3 is 1.88 bits per heavy atom. The number of esters is 2. The van der Waals surface area contributed by atoms with Crippen molar-refractivity contribution < 1.29 is 33.6 Å². The second-order valence-electron chi connectivity index (χ2n) is 12.4. The Bertz CT molecular complexity index is 1630. The molecule has 0 saturated heterocycles. The van der Waals surface area contributed by atoms with Gasteiger partial charge in [-0.1, -0.05) is 131 Å². The number of unbranched alkanes of at least 4 members (excludes halogenated alkanes) is 8. The lowest BCUT2D eigenvalue weighted by molar-refractivity contribution is -0.134. The third-order valence-electron chi connectivity index (χ3n) is 8.20. The molecule has 1 atom stereocenters. The van der Waals surface area contributed by atoms with Crippen LogP contribution >= 0.6 is 0 Å². The molecule has 1 unspecified atom stereocenters. The van der Waals surface area contributed by atoms with Crippen molar-refractivity contribution in [3.05, 3.63) is 125 Å². The molecule has 0 heterocycles. The van der Waals surface area contributed by atoms with E-state index < -0.39 is 18.0 Å². The maximum Gasteiger partial charge on any atom is 0.311 e. The van der Waals surface area contributed by atoms with Gasteiger partial charge in [0.25, 0.3) is 0 Å². The first-order valence-corrected chi connectivity index (χ1v) is 17.8. The smallest absolute Gasteiger partial charge is 0.311 e. The van der Waals surface area contributed by atoms with E-state index in [0.717, 1.165) is 36.0 Å². The van der Waals surface area contributed by atoms with Crippen molar-refractivity contribution in [2.45, 2.75) is 97.4 Å². The molecule has 0 aliphatic rings. The van der Waals surface area contributed by atoms with Crippen LogP contribution in [0.4, 0.5) is 0 Å². The van der Waals surface area contributed by atoms with E-state index in [-0.39, 0.29) is 17.9 Å². The molecule has 0 fully saturated rings. The van der Waals surface area contributed by atoms with Gasteiger partial charge in [0.2, 0.25) is 0 Å². The second kappa shape index (κ2) is 21.3. The molecular formula is C43H50O7. The van der Waals surface area contributed by atoms with E-state index in [1.165, 1.54) is 51.5 Å². The average Bonchev–Trinajstić information content (AvgIpc) is 3.12. The number of hydrogen-bond acceptors (Lipinski definition) is 7. The van der Waals surface area contributed by atoms with Crippen LogP contribution in [0.5, 0.6) is 23.0 Å². The van der Waals surface area contributed by atoms with Gasteiger partial charge in [0.05, 0.1) is 0 Å². The first-order chi connectivity index (χ1) is 24.4. The standard InChI is InChI=1S/C43H50O7/c1-3-4-5-6-7-8-9-10-17-22-43(46)50-42-30-38(49-33(2)44)26-27-39(42)40(45)28-24-36-23-25-37(47-31-34-18-13-11-14-19-34)29-41(36)48-32-35-20-15-12-16-21-35/h11-16,18-21,23-30,40,45H,3-10,17,22,31-32H2,1-2H3. The van der Waals surface area contributed by atoms with E-state index in [1.807, 2.05) is 78.9 Å². The number of carbonyl (C=O) groups is 2. The highest BCUT2D eigenvalue weighted by Gasteiger charge is 2.17. The van der Waals surface area contributed by atoms with Crippen LogP contribution in [0, 0.1) is 0 Å². The molecule has 0 aliphatic carbocycles. The molecule has 0 spiro atoms. The lowest BCUT2D eigenvalue weighted by atomic mass is 10.1. The third kappa shape index (κ3) is 13.6. The fraction of sp³-hybridized carbons (Fsp3) is 0.349. The number of aliphatic hydroxyl groups is 1. The number of aliphatic hydroxyl groups excluding tert-OH is 1. The monoisotopic (exact) mass is 678 g/mol. The Labute approximate surface area is 296 Å². The fourth-order valence-corrected chi connectivity index (χ4v) is 5.47. The van der Waals surface area contributed by atoms with Crippen LogP contribution in [0.25, 0.3) is 6.08 Å². The summed E-state index contributed by atoms with van der Waals surface area (Å²) in [4.78, 5) is 24.5. The van der Waals surface area contributed by atoms with Crippen LogP contribution in [0.3, 0.4) is 0 Å². The molecule has 50 heavy (non-hydrogen) atoms. The summed E-state index contributed by atoms with van der Waals surface area (Å²) >= 11 is 0. The van der Waals surface area contributed by atoms with Gasteiger partial charge in [0.15, 0.2) is 0 Å². The molecule has 0 amide bonds. The summed E-state index contributed by atoms with van der Waals surface area (Å²) in [5, 5.41) is 11.3. The zero-order valence-electron chi connectivity index (χ0n) is 29.4. The summed E-state index contributed by atoms with van der Waals surface area (Å²) < 4.78 is 23.3. The van der Waals surface area contributed by atoms with Crippen molar-refractivity contribution in [2.24, 2.45) is 0 Å². The molecule has 0 bridgehead atoms. The predicted octanol–water partition coefficient (Wildman–Crippen LogP) is 10.3. The highest BCUT2D eigenvalue weighted by atomic mass is 16.5. The zero-order chi connectivity index (χ0) is 35.4. The van der Waals surface area contributed by atoms with E-state index >= 15 is 0 Å². The number of ether oxygens (including phenoxy) is 4. The van der Waals surface area contributed by atoms with Gasteiger partial charge in [-0.25, -0.2) is 0 Å². The van der Waals surface area contributed by atoms with Gasteiger partial charge < -0.3 is 24.1 Å². The SMILES string of the molecule is CCCCCCCCCCCC(=O)Oc1cc(OC(C)=O)ccc1C(O)C=Cc1ccc(OCc2ccccc2)cc1OCc1ccccc1. The largest absolute Gasteiger partial charge is 0.489 e. The number of rotatable bonds is 21. The second-order valence-corrected chi connectivity index (χ2v) is 12.4. The highest BCUT2D eigenvalue weighted by molar-refractivity contribution is 5.74. The maximum atomic E-state index is 12.9. The Balaban J connectivity index is 1.45. The fourth-order valence-electron chi connectivity index (χ4n) is 5.47. The highest BCUT2D eigenvalue weighted by Crippen LogP contribution is 2.33. The minimum absolute atomic E-state index is 0.145. The summed E-state index contributed by atoms with van der Waals surface area (Å²) in [6.45, 7) is 4.28. The van der Waals surface area contributed by atoms with Crippen molar-refractivity contribution in [1.82, 2.24) is 0 Å². The minimum atomic E-state index is -1.13. The molecule has 4 rings (SSSR count). The van der Waals surface area contributed by atoms with Crippen molar-refractivity contribution in [1.29, 1.82) is 0 Å². The lowest BCUT2D eigenvalue weighted by Crippen LogP contribution is -2.11. The van der Waals surface area contributed by atoms with Crippen LogP contribution in [-0.4, -0.2) is 17.0 Å². The van der Waals surface area contributed by atoms with Crippen LogP contribution in [0.1, 0.15) is 106 Å². The van der Waals surface area contributed by atoms with Crippen LogP contribution in [0.15, 0.2) is 103 Å².